The first kappa shape index (κ1) is 14.4. The number of rotatable bonds is 4. The molecule has 0 radical (unpaired) electrons. The number of aliphatic hydroxyl groups is 1. The van der Waals surface area contributed by atoms with Crippen LogP contribution in [0.1, 0.15) is 30.6 Å². The number of carbonyl (C=O) groups excluding carboxylic acids is 1. The lowest BCUT2D eigenvalue weighted by Gasteiger charge is -2.27. The molecule has 0 unspecified atom stereocenters. The molecule has 0 bridgehead atoms. The summed E-state index contributed by atoms with van der Waals surface area (Å²) in [5, 5.41) is 12.6. The zero-order valence-electron chi connectivity index (χ0n) is 11.5. The SMILES string of the molecule is CC[C@](C)(CO)NC(=O)c1cc(F)cc2cccnc12. The minimum Gasteiger partial charge on any atom is -0.394 e. The summed E-state index contributed by atoms with van der Waals surface area (Å²) in [5.74, 6) is -0.926. The summed E-state index contributed by atoms with van der Waals surface area (Å²) in [4.78, 5) is 16.5. The van der Waals surface area contributed by atoms with E-state index in [1.54, 1.807) is 25.3 Å². The molecule has 2 aromatic rings. The number of aliphatic hydroxyl groups excluding tert-OH is 1. The van der Waals surface area contributed by atoms with Crippen molar-refractivity contribution in [3.8, 4) is 0 Å². The number of halogens is 1. The number of carbonyl (C=O) groups is 1. The zero-order chi connectivity index (χ0) is 14.8. The van der Waals surface area contributed by atoms with Crippen molar-refractivity contribution in [1.29, 1.82) is 0 Å². The summed E-state index contributed by atoms with van der Waals surface area (Å²) >= 11 is 0. The summed E-state index contributed by atoms with van der Waals surface area (Å²) in [6.07, 6.45) is 2.12. The number of pyridine rings is 1. The molecule has 0 aliphatic carbocycles. The summed E-state index contributed by atoms with van der Waals surface area (Å²) < 4.78 is 13.6. The van der Waals surface area contributed by atoms with Crippen molar-refractivity contribution in [2.24, 2.45) is 0 Å². The lowest BCUT2D eigenvalue weighted by atomic mass is 9.99. The van der Waals surface area contributed by atoms with Gasteiger partial charge in [0.1, 0.15) is 5.82 Å². The summed E-state index contributed by atoms with van der Waals surface area (Å²) in [6.45, 7) is 3.41. The Morgan fingerprint density at radius 2 is 2.25 bits per heavy atom. The molecule has 106 valence electrons. The normalized spacial score (nSPS) is 14.0. The van der Waals surface area contributed by atoms with Crippen LogP contribution in [0.15, 0.2) is 30.5 Å². The number of hydrogen-bond acceptors (Lipinski definition) is 3. The molecule has 0 aliphatic rings. The average Bonchev–Trinajstić information content (AvgIpc) is 2.46. The molecular formula is C15H17FN2O2. The van der Waals surface area contributed by atoms with Gasteiger partial charge in [0.05, 0.1) is 23.2 Å². The average molecular weight is 276 g/mol. The van der Waals surface area contributed by atoms with Gasteiger partial charge < -0.3 is 10.4 Å². The van der Waals surface area contributed by atoms with Gasteiger partial charge in [-0.25, -0.2) is 4.39 Å². The van der Waals surface area contributed by atoms with Crippen molar-refractivity contribution in [1.82, 2.24) is 10.3 Å². The van der Waals surface area contributed by atoms with Crippen molar-refractivity contribution in [2.75, 3.05) is 6.61 Å². The van der Waals surface area contributed by atoms with E-state index in [-0.39, 0.29) is 12.2 Å². The van der Waals surface area contributed by atoms with Gasteiger partial charge in [-0.15, -0.1) is 0 Å². The maximum atomic E-state index is 13.6. The largest absolute Gasteiger partial charge is 0.394 e. The third-order valence-corrected chi connectivity index (χ3v) is 3.46. The predicted molar refractivity (Wildman–Crippen MR) is 74.9 cm³/mol. The molecule has 20 heavy (non-hydrogen) atoms. The molecule has 1 amide bonds. The fourth-order valence-electron chi connectivity index (χ4n) is 1.91. The first-order chi connectivity index (χ1) is 9.49. The fourth-order valence-corrected chi connectivity index (χ4v) is 1.91. The molecule has 1 heterocycles. The van der Waals surface area contributed by atoms with E-state index in [1.807, 2.05) is 6.92 Å². The van der Waals surface area contributed by atoms with Crippen LogP contribution in [0.25, 0.3) is 10.9 Å². The van der Waals surface area contributed by atoms with E-state index in [0.717, 1.165) is 6.07 Å². The number of hydrogen-bond donors (Lipinski definition) is 2. The second kappa shape index (κ2) is 5.54. The second-order valence-corrected chi connectivity index (χ2v) is 5.05. The lowest BCUT2D eigenvalue weighted by molar-refractivity contribution is 0.0848. The molecule has 1 aromatic heterocycles. The standard InChI is InChI=1S/C15H17FN2O2/c1-3-15(2,9-19)18-14(20)12-8-11(16)7-10-5-4-6-17-13(10)12/h4-8,19H,3,9H2,1-2H3,(H,18,20)/t15-/m1/s1. The third-order valence-electron chi connectivity index (χ3n) is 3.46. The van der Waals surface area contributed by atoms with E-state index in [4.69, 9.17) is 0 Å². The minimum atomic E-state index is -0.732. The Morgan fingerprint density at radius 3 is 2.90 bits per heavy atom. The number of nitrogens with one attached hydrogen (secondary N) is 1. The predicted octanol–water partition coefficient (Wildman–Crippen LogP) is 2.26. The van der Waals surface area contributed by atoms with Crippen molar-refractivity contribution in [2.45, 2.75) is 25.8 Å². The Kier molecular flexibility index (Phi) is 3.99. The molecule has 0 fully saturated rings. The van der Waals surface area contributed by atoms with Gasteiger partial charge in [-0.05, 0) is 31.5 Å². The van der Waals surface area contributed by atoms with Crippen LogP contribution in [0.4, 0.5) is 4.39 Å². The van der Waals surface area contributed by atoms with E-state index >= 15 is 0 Å². The summed E-state index contributed by atoms with van der Waals surface area (Å²) in [5.41, 5.74) is -0.110. The number of aromatic nitrogens is 1. The Labute approximate surface area is 116 Å². The van der Waals surface area contributed by atoms with Gasteiger partial charge >= 0.3 is 0 Å². The molecule has 2 rings (SSSR count). The smallest absolute Gasteiger partial charge is 0.254 e. The first-order valence-electron chi connectivity index (χ1n) is 6.47. The van der Waals surface area contributed by atoms with Crippen LogP contribution in [0, 0.1) is 5.82 Å². The molecule has 4 nitrogen and oxygen atoms in total. The Hall–Kier alpha value is -2.01. The van der Waals surface area contributed by atoms with E-state index in [0.29, 0.717) is 17.3 Å². The number of amides is 1. The van der Waals surface area contributed by atoms with Crippen LogP contribution >= 0.6 is 0 Å². The number of nitrogens with zero attached hydrogens (tertiary/aromatic N) is 1. The van der Waals surface area contributed by atoms with E-state index < -0.39 is 17.3 Å². The highest BCUT2D eigenvalue weighted by atomic mass is 19.1. The van der Waals surface area contributed by atoms with Crippen LogP contribution in [0.2, 0.25) is 0 Å². The van der Waals surface area contributed by atoms with Crippen LogP contribution in [0.3, 0.4) is 0 Å². The molecule has 0 saturated carbocycles. The van der Waals surface area contributed by atoms with Crippen molar-refractivity contribution < 1.29 is 14.3 Å². The fraction of sp³-hybridized carbons (Fsp3) is 0.333. The van der Waals surface area contributed by atoms with Gasteiger partial charge in [-0.2, -0.15) is 0 Å². The summed E-state index contributed by atoms with van der Waals surface area (Å²) in [6, 6.07) is 5.89. The Balaban J connectivity index is 2.44. The van der Waals surface area contributed by atoms with E-state index in [9.17, 15) is 14.3 Å². The third kappa shape index (κ3) is 2.77. The maximum absolute atomic E-state index is 13.6. The highest BCUT2D eigenvalue weighted by Gasteiger charge is 2.25. The first-order valence-corrected chi connectivity index (χ1v) is 6.47. The highest BCUT2D eigenvalue weighted by molar-refractivity contribution is 6.05. The van der Waals surface area contributed by atoms with Gasteiger partial charge in [0, 0.05) is 11.6 Å². The maximum Gasteiger partial charge on any atom is 0.254 e. The van der Waals surface area contributed by atoms with Gasteiger partial charge in [0.2, 0.25) is 0 Å². The van der Waals surface area contributed by atoms with Crippen LogP contribution in [-0.2, 0) is 0 Å². The van der Waals surface area contributed by atoms with Crippen molar-refractivity contribution in [3.63, 3.8) is 0 Å². The van der Waals surface area contributed by atoms with E-state index in [2.05, 4.69) is 10.3 Å². The van der Waals surface area contributed by atoms with E-state index in [1.165, 1.54) is 6.07 Å². The van der Waals surface area contributed by atoms with Crippen LogP contribution in [-0.4, -0.2) is 28.1 Å². The summed E-state index contributed by atoms with van der Waals surface area (Å²) in [7, 11) is 0. The van der Waals surface area contributed by atoms with Gasteiger partial charge in [-0.3, -0.25) is 9.78 Å². The molecule has 1 aromatic carbocycles. The molecule has 5 heteroatoms. The molecular weight excluding hydrogens is 259 g/mol. The van der Waals surface area contributed by atoms with Gasteiger partial charge in [0.15, 0.2) is 0 Å². The molecule has 0 saturated heterocycles. The lowest BCUT2D eigenvalue weighted by Crippen LogP contribution is -2.48. The van der Waals surface area contributed by atoms with Crippen molar-refractivity contribution >= 4 is 16.8 Å². The number of benzene rings is 1. The monoisotopic (exact) mass is 276 g/mol. The zero-order valence-corrected chi connectivity index (χ0v) is 11.5. The van der Waals surface area contributed by atoms with Gasteiger partial charge in [-0.1, -0.05) is 13.0 Å². The molecule has 2 N–H and O–H groups in total. The molecule has 0 aliphatic heterocycles. The Bertz CT molecular complexity index is 639. The van der Waals surface area contributed by atoms with Crippen molar-refractivity contribution in [3.05, 3.63) is 41.8 Å². The van der Waals surface area contributed by atoms with Crippen LogP contribution < -0.4 is 5.32 Å². The van der Waals surface area contributed by atoms with Crippen LogP contribution in [0.5, 0.6) is 0 Å². The quantitative estimate of drug-likeness (QED) is 0.900. The molecule has 1 atom stereocenters. The second-order valence-electron chi connectivity index (χ2n) is 5.05. The minimum absolute atomic E-state index is 0.175. The topological polar surface area (TPSA) is 62.2 Å². The highest BCUT2D eigenvalue weighted by Crippen LogP contribution is 2.19. The Morgan fingerprint density at radius 1 is 1.50 bits per heavy atom. The molecule has 0 spiro atoms. The number of fused-ring (bicyclic) bond motifs is 1. The van der Waals surface area contributed by atoms with Gasteiger partial charge in [0.25, 0.3) is 5.91 Å².